The molecule has 168 valence electrons. The number of aromatic nitrogens is 4. The van der Waals surface area contributed by atoms with E-state index in [9.17, 15) is 0 Å². The van der Waals surface area contributed by atoms with Crippen LogP contribution in [0, 0.1) is 0 Å². The Kier molecular flexibility index (Phi) is 6.87. The second-order valence-corrected chi connectivity index (χ2v) is 10.4. The van der Waals surface area contributed by atoms with E-state index >= 15 is 0 Å². The number of nitrogens with one attached hydrogen (secondary N) is 1. The van der Waals surface area contributed by atoms with Gasteiger partial charge in [-0.25, -0.2) is 0 Å². The Morgan fingerprint density at radius 2 is 1.74 bits per heavy atom. The molecule has 0 amide bonds. The number of hydrogen-bond acceptors (Lipinski definition) is 5. The zero-order chi connectivity index (χ0) is 22.6. The second kappa shape index (κ2) is 9.25. The maximum atomic E-state index is 5.36. The topological polar surface area (TPSA) is 68.8 Å². The van der Waals surface area contributed by atoms with Gasteiger partial charge in [0.25, 0.3) is 0 Å². The molecule has 3 rings (SSSR count). The van der Waals surface area contributed by atoms with E-state index in [4.69, 9.17) is 9.62 Å². The number of anilines is 1. The molecule has 0 radical (unpaired) electrons. The van der Waals surface area contributed by atoms with E-state index in [0.717, 1.165) is 55.0 Å². The predicted octanol–water partition coefficient (Wildman–Crippen LogP) is 5.89. The molecule has 2 heterocycles. The van der Waals surface area contributed by atoms with Crippen molar-refractivity contribution in [2.24, 2.45) is 7.05 Å². The van der Waals surface area contributed by atoms with Gasteiger partial charge in [0.15, 0.2) is 5.82 Å². The molecular formula is C25H37N5O. The highest BCUT2D eigenvalue weighted by atomic mass is 16.5. The van der Waals surface area contributed by atoms with Crippen molar-refractivity contribution >= 4 is 5.69 Å². The largest absolute Gasteiger partial charge is 0.385 e. The fourth-order valence-electron chi connectivity index (χ4n) is 3.58. The van der Waals surface area contributed by atoms with Crippen molar-refractivity contribution in [1.29, 1.82) is 0 Å². The lowest BCUT2D eigenvalue weighted by Crippen LogP contribution is -2.16. The lowest BCUT2D eigenvalue weighted by atomic mass is 9.91. The summed E-state index contributed by atoms with van der Waals surface area (Å²) in [7, 11) is 2.02. The van der Waals surface area contributed by atoms with Crippen LogP contribution >= 0.6 is 0 Å². The number of aryl methyl sites for hydroxylation is 2. The minimum atomic E-state index is -0.0900. The van der Waals surface area contributed by atoms with E-state index in [2.05, 4.69) is 87.3 Å². The SMILES string of the molecule is Cn1nc(-c2cccc(NCCCCCc3noc(C(C)(C)C)n3)c2)cc1C(C)(C)C. The Morgan fingerprint density at radius 3 is 2.39 bits per heavy atom. The van der Waals surface area contributed by atoms with E-state index in [1.54, 1.807) is 0 Å². The van der Waals surface area contributed by atoms with Crippen molar-refractivity contribution in [3.8, 4) is 11.3 Å². The highest BCUT2D eigenvalue weighted by Gasteiger charge is 2.21. The van der Waals surface area contributed by atoms with Crippen molar-refractivity contribution in [2.75, 3.05) is 11.9 Å². The fraction of sp³-hybridized carbons (Fsp3) is 0.560. The highest BCUT2D eigenvalue weighted by molar-refractivity contribution is 5.65. The van der Waals surface area contributed by atoms with E-state index < -0.39 is 0 Å². The summed E-state index contributed by atoms with van der Waals surface area (Å²) < 4.78 is 7.35. The van der Waals surface area contributed by atoms with Gasteiger partial charge in [-0.05, 0) is 31.0 Å². The van der Waals surface area contributed by atoms with Gasteiger partial charge in [-0.15, -0.1) is 0 Å². The molecule has 6 heteroatoms. The molecule has 1 N–H and O–H groups in total. The van der Waals surface area contributed by atoms with Gasteiger partial charge in [0.2, 0.25) is 5.89 Å². The number of unbranched alkanes of at least 4 members (excludes halogenated alkanes) is 2. The van der Waals surface area contributed by atoms with Gasteiger partial charge in [-0.2, -0.15) is 10.1 Å². The quantitative estimate of drug-likeness (QED) is 0.458. The van der Waals surface area contributed by atoms with Crippen molar-refractivity contribution in [1.82, 2.24) is 19.9 Å². The minimum absolute atomic E-state index is 0.0751. The third-order valence-electron chi connectivity index (χ3n) is 5.32. The monoisotopic (exact) mass is 423 g/mol. The minimum Gasteiger partial charge on any atom is -0.385 e. The summed E-state index contributed by atoms with van der Waals surface area (Å²) in [5, 5.41) is 12.4. The molecule has 6 nitrogen and oxygen atoms in total. The third kappa shape index (κ3) is 6.18. The summed E-state index contributed by atoms with van der Waals surface area (Å²) in [5.74, 6) is 1.53. The van der Waals surface area contributed by atoms with E-state index in [1.807, 2.05) is 11.7 Å². The molecule has 0 aliphatic heterocycles. The molecule has 0 fully saturated rings. The molecular weight excluding hydrogens is 386 g/mol. The number of hydrogen-bond donors (Lipinski definition) is 1. The Balaban J connectivity index is 1.46. The first-order chi connectivity index (χ1) is 14.5. The van der Waals surface area contributed by atoms with Crippen LogP contribution in [0.2, 0.25) is 0 Å². The van der Waals surface area contributed by atoms with Crippen LogP contribution in [0.4, 0.5) is 5.69 Å². The van der Waals surface area contributed by atoms with Gasteiger partial charge in [0.1, 0.15) is 0 Å². The summed E-state index contributed by atoms with van der Waals surface area (Å²) in [4.78, 5) is 4.51. The zero-order valence-corrected chi connectivity index (χ0v) is 20.1. The Hall–Kier alpha value is -2.63. The summed E-state index contributed by atoms with van der Waals surface area (Å²) >= 11 is 0. The Morgan fingerprint density at radius 1 is 0.968 bits per heavy atom. The Labute approximate surface area is 186 Å². The van der Waals surface area contributed by atoms with Crippen LogP contribution < -0.4 is 5.32 Å². The third-order valence-corrected chi connectivity index (χ3v) is 5.32. The van der Waals surface area contributed by atoms with Gasteiger partial charge in [-0.1, -0.05) is 65.3 Å². The molecule has 31 heavy (non-hydrogen) atoms. The van der Waals surface area contributed by atoms with Crippen LogP contribution in [0.25, 0.3) is 11.3 Å². The molecule has 0 spiro atoms. The molecule has 0 saturated heterocycles. The van der Waals surface area contributed by atoms with Gasteiger partial charge < -0.3 is 9.84 Å². The molecule has 0 atom stereocenters. The Bertz CT molecular complexity index is 988. The summed E-state index contributed by atoms with van der Waals surface area (Å²) in [6, 6.07) is 10.7. The average Bonchev–Trinajstić information content (AvgIpc) is 3.31. The summed E-state index contributed by atoms with van der Waals surface area (Å²) in [6.07, 6.45) is 4.16. The zero-order valence-electron chi connectivity index (χ0n) is 20.1. The number of rotatable bonds is 8. The molecule has 0 bridgehead atoms. The molecule has 0 aliphatic carbocycles. The molecule has 0 aliphatic rings. The van der Waals surface area contributed by atoms with Crippen molar-refractivity contribution < 1.29 is 4.52 Å². The first-order valence-electron chi connectivity index (χ1n) is 11.3. The van der Waals surface area contributed by atoms with Crippen LogP contribution in [0.3, 0.4) is 0 Å². The van der Waals surface area contributed by atoms with E-state index in [1.165, 1.54) is 5.69 Å². The van der Waals surface area contributed by atoms with Crippen LogP contribution in [0.15, 0.2) is 34.9 Å². The number of nitrogens with zero attached hydrogens (tertiary/aromatic N) is 4. The molecule has 1 aromatic carbocycles. The van der Waals surface area contributed by atoms with Crippen LogP contribution in [-0.2, 0) is 24.3 Å². The fourth-order valence-corrected chi connectivity index (χ4v) is 3.58. The highest BCUT2D eigenvalue weighted by Crippen LogP contribution is 2.28. The van der Waals surface area contributed by atoms with Gasteiger partial charge in [-0.3, -0.25) is 4.68 Å². The molecule has 2 aromatic heterocycles. The summed E-state index contributed by atoms with van der Waals surface area (Å²) in [6.45, 7) is 13.8. The first kappa shape index (κ1) is 23.0. The second-order valence-electron chi connectivity index (χ2n) is 10.4. The lowest BCUT2D eigenvalue weighted by Gasteiger charge is -2.17. The predicted molar refractivity (Wildman–Crippen MR) is 126 cm³/mol. The first-order valence-corrected chi connectivity index (χ1v) is 11.3. The van der Waals surface area contributed by atoms with E-state index in [-0.39, 0.29) is 10.8 Å². The van der Waals surface area contributed by atoms with Gasteiger partial charge >= 0.3 is 0 Å². The molecule has 3 aromatic rings. The van der Waals surface area contributed by atoms with Crippen molar-refractivity contribution in [3.05, 3.63) is 47.7 Å². The standard InChI is InChI=1S/C25H37N5O/c1-24(2,3)21-17-20(28-30(21)7)18-12-11-13-19(16-18)26-15-10-8-9-14-22-27-23(31-29-22)25(4,5)6/h11-13,16-17,26H,8-10,14-15H2,1-7H3. The maximum Gasteiger partial charge on any atom is 0.232 e. The molecule has 0 saturated carbocycles. The number of benzene rings is 1. The average molecular weight is 424 g/mol. The van der Waals surface area contributed by atoms with E-state index in [0.29, 0.717) is 5.89 Å². The molecule has 0 unspecified atom stereocenters. The summed E-state index contributed by atoms with van der Waals surface area (Å²) in [5.41, 5.74) is 4.51. The van der Waals surface area contributed by atoms with Crippen LogP contribution in [0.1, 0.15) is 78.2 Å². The lowest BCUT2D eigenvalue weighted by molar-refractivity contribution is 0.318. The van der Waals surface area contributed by atoms with Crippen molar-refractivity contribution in [3.63, 3.8) is 0 Å². The smallest absolute Gasteiger partial charge is 0.232 e. The van der Waals surface area contributed by atoms with Gasteiger partial charge in [0.05, 0.1) is 5.69 Å². The van der Waals surface area contributed by atoms with Crippen molar-refractivity contribution in [2.45, 2.75) is 78.1 Å². The van der Waals surface area contributed by atoms with Gasteiger partial charge in [0, 0.05) is 47.8 Å². The van der Waals surface area contributed by atoms with Crippen LogP contribution in [-0.4, -0.2) is 26.5 Å². The normalized spacial score (nSPS) is 12.4. The maximum absolute atomic E-state index is 5.36. The van der Waals surface area contributed by atoms with Crippen LogP contribution in [0.5, 0.6) is 0 Å².